The van der Waals surface area contributed by atoms with Crippen LogP contribution in [-0.2, 0) is 14.6 Å². The number of amides is 1. The summed E-state index contributed by atoms with van der Waals surface area (Å²) in [6, 6.07) is -0.110. The summed E-state index contributed by atoms with van der Waals surface area (Å²) in [4.78, 5) is 11.6. The first-order valence-electron chi connectivity index (χ1n) is 6.75. The predicted octanol–water partition coefficient (Wildman–Crippen LogP) is 0.340. The summed E-state index contributed by atoms with van der Waals surface area (Å²) in [7, 11) is -3.41. The molecule has 0 aromatic carbocycles. The fourth-order valence-corrected chi connectivity index (χ4v) is 4.39. The molecule has 2 aliphatic carbocycles. The zero-order valence-electron chi connectivity index (χ0n) is 10.6. The first-order valence-corrected chi connectivity index (χ1v) is 8.47. The Bertz CT molecular complexity index is 404. The lowest BCUT2D eigenvalue weighted by molar-refractivity contribution is -0.118. The second kappa shape index (κ2) is 5.57. The van der Waals surface area contributed by atoms with E-state index in [1.54, 1.807) is 0 Å². The van der Waals surface area contributed by atoms with Gasteiger partial charge in [0.1, 0.15) is 5.75 Å². The Morgan fingerprint density at radius 1 is 1.11 bits per heavy atom. The van der Waals surface area contributed by atoms with Crippen molar-refractivity contribution in [2.45, 2.75) is 62.3 Å². The van der Waals surface area contributed by atoms with Crippen molar-refractivity contribution in [2.24, 2.45) is 5.73 Å². The van der Waals surface area contributed by atoms with Crippen LogP contribution in [0, 0.1) is 0 Å². The van der Waals surface area contributed by atoms with E-state index >= 15 is 0 Å². The minimum absolute atomic E-state index is 0.204. The van der Waals surface area contributed by atoms with Gasteiger partial charge in [-0.15, -0.1) is 0 Å². The first-order chi connectivity index (χ1) is 8.49. The summed E-state index contributed by atoms with van der Waals surface area (Å²) in [5, 5.41) is 2.18. The summed E-state index contributed by atoms with van der Waals surface area (Å²) in [5.41, 5.74) is 5.94. The molecular weight excluding hydrogens is 252 g/mol. The second-order valence-electron chi connectivity index (χ2n) is 5.49. The maximum absolute atomic E-state index is 12.2. The SMILES string of the molecule is NC1CCCCCC1S(=O)(=O)CC(=O)NC1CC1. The Kier molecular flexibility index (Phi) is 4.27. The van der Waals surface area contributed by atoms with Gasteiger partial charge in [0.05, 0.1) is 5.25 Å². The van der Waals surface area contributed by atoms with Gasteiger partial charge in [0.2, 0.25) is 5.91 Å². The van der Waals surface area contributed by atoms with Gasteiger partial charge in [-0.25, -0.2) is 8.42 Å². The number of carbonyl (C=O) groups excluding carboxylic acids is 1. The van der Waals surface area contributed by atoms with E-state index in [9.17, 15) is 13.2 Å². The van der Waals surface area contributed by atoms with Crippen LogP contribution < -0.4 is 11.1 Å². The number of sulfone groups is 1. The monoisotopic (exact) mass is 274 g/mol. The highest BCUT2D eigenvalue weighted by Gasteiger charge is 2.34. The molecule has 2 unspecified atom stereocenters. The van der Waals surface area contributed by atoms with Crippen LogP contribution in [0.2, 0.25) is 0 Å². The van der Waals surface area contributed by atoms with Crippen LogP contribution in [0.3, 0.4) is 0 Å². The Morgan fingerprint density at radius 2 is 1.78 bits per heavy atom. The molecule has 0 heterocycles. The number of rotatable bonds is 4. The molecule has 0 bridgehead atoms. The van der Waals surface area contributed by atoms with Crippen molar-refractivity contribution in [1.82, 2.24) is 5.32 Å². The third-order valence-corrected chi connectivity index (χ3v) is 5.91. The number of hydrogen-bond donors (Lipinski definition) is 2. The minimum atomic E-state index is -3.41. The molecule has 6 heteroatoms. The lowest BCUT2D eigenvalue weighted by Crippen LogP contribution is -2.44. The Hall–Kier alpha value is -0.620. The fraction of sp³-hybridized carbons (Fsp3) is 0.917. The largest absolute Gasteiger partial charge is 0.352 e. The fourth-order valence-electron chi connectivity index (χ4n) is 2.53. The van der Waals surface area contributed by atoms with E-state index in [0.29, 0.717) is 6.42 Å². The number of carbonyl (C=O) groups is 1. The third-order valence-electron chi connectivity index (χ3n) is 3.74. The molecule has 0 spiro atoms. The van der Waals surface area contributed by atoms with Crippen LogP contribution in [0.15, 0.2) is 0 Å². The maximum Gasteiger partial charge on any atom is 0.235 e. The predicted molar refractivity (Wildman–Crippen MR) is 69.8 cm³/mol. The Balaban J connectivity index is 1.96. The Labute approximate surface area is 108 Å². The van der Waals surface area contributed by atoms with Gasteiger partial charge in [-0.05, 0) is 25.7 Å². The molecule has 2 atom stereocenters. The highest BCUT2D eigenvalue weighted by atomic mass is 32.2. The molecule has 3 N–H and O–H groups in total. The lowest BCUT2D eigenvalue weighted by atomic mass is 10.1. The van der Waals surface area contributed by atoms with E-state index in [1.807, 2.05) is 0 Å². The van der Waals surface area contributed by atoms with Crippen molar-refractivity contribution in [3.63, 3.8) is 0 Å². The van der Waals surface area contributed by atoms with Crippen molar-refractivity contribution in [1.29, 1.82) is 0 Å². The molecule has 0 aromatic heterocycles. The summed E-state index contributed by atoms with van der Waals surface area (Å²) < 4.78 is 24.4. The topological polar surface area (TPSA) is 89.3 Å². The van der Waals surface area contributed by atoms with E-state index in [4.69, 9.17) is 5.73 Å². The molecule has 2 rings (SSSR count). The van der Waals surface area contributed by atoms with Gasteiger partial charge in [-0.1, -0.05) is 19.3 Å². The van der Waals surface area contributed by atoms with Crippen molar-refractivity contribution in [3.05, 3.63) is 0 Å². The number of nitrogens with two attached hydrogens (primary N) is 1. The normalized spacial score (nSPS) is 29.6. The summed E-state index contributed by atoms with van der Waals surface area (Å²) in [6.45, 7) is 0. The van der Waals surface area contributed by atoms with Crippen LogP contribution in [0.25, 0.3) is 0 Å². The molecule has 1 amide bonds. The van der Waals surface area contributed by atoms with Crippen molar-refractivity contribution >= 4 is 15.7 Å². The van der Waals surface area contributed by atoms with Gasteiger partial charge < -0.3 is 11.1 Å². The van der Waals surface area contributed by atoms with Gasteiger partial charge >= 0.3 is 0 Å². The van der Waals surface area contributed by atoms with Crippen molar-refractivity contribution in [3.8, 4) is 0 Å². The van der Waals surface area contributed by atoms with E-state index in [2.05, 4.69) is 5.32 Å². The van der Waals surface area contributed by atoms with E-state index in [1.165, 1.54) is 0 Å². The average molecular weight is 274 g/mol. The second-order valence-corrected chi connectivity index (χ2v) is 7.71. The molecule has 2 aliphatic rings. The number of hydrogen-bond acceptors (Lipinski definition) is 4. The molecule has 18 heavy (non-hydrogen) atoms. The smallest absolute Gasteiger partial charge is 0.235 e. The van der Waals surface area contributed by atoms with Crippen LogP contribution >= 0.6 is 0 Å². The van der Waals surface area contributed by atoms with E-state index in [-0.39, 0.29) is 18.0 Å². The molecular formula is C12H22N2O3S. The average Bonchev–Trinajstić information content (AvgIpc) is 3.05. The van der Waals surface area contributed by atoms with Crippen LogP contribution in [-0.4, -0.2) is 37.4 Å². The van der Waals surface area contributed by atoms with Gasteiger partial charge in [0.25, 0.3) is 0 Å². The van der Waals surface area contributed by atoms with E-state index < -0.39 is 20.8 Å². The highest BCUT2D eigenvalue weighted by molar-refractivity contribution is 7.92. The lowest BCUT2D eigenvalue weighted by Gasteiger charge is -2.21. The van der Waals surface area contributed by atoms with Gasteiger partial charge in [-0.3, -0.25) is 4.79 Å². The van der Waals surface area contributed by atoms with Crippen molar-refractivity contribution in [2.75, 3.05) is 5.75 Å². The molecule has 2 fully saturated rings. The summed E-state index contributed by atoms with van der Waals surface area (Å²) in [6.07, 6.45) is 6.19. The number of nitrogens with one attached hydrogen (secondary N) is 1. The quantitative estimate of drug-likeness (QED) is 0.723. The molecule has 0 saturated heterocycles. The molecule has 0 aromatic rings. The third kappa shape index (κ3) is 3.68. The van der Waals surface area contributed by atoms with Crippen LogP contribution in [0.1, 0.15) is 44.9 Å². The van der Waals surface area contributed by atoms with Gasteiger partial charge in [-0.2, -0.15) is 0 Å². The van der Waals surface area contributed by atoms with Crippen molar-refractivity contribution < 1.29 is 13.2 Å². The zero-order valence-corrected chi connectivity index (χ0v) is 11.4. The molecule has 0 radical (unpaired) electrons. The van der Waals surface area contributed by atoms with Crippen LogP contribution in [0.5, 0.6) is 0 Å². The summed E-state index contributed by atoms with van der Waals surface area (Å²) >= 11 is 0. The van der Waals surface area contributed by atoms with Gasteiger partial charge in [0.15, 0.2) is 9.84 Å². The molecule has 0 aliphatic heterocycles. The molecule has 104 valence electrons. The van der Waals surface area contributed by atoms with Gasteiger partial charge in [0, 0.05) is 12.1 Å². The van der Waals surface area contributed by atoms with Crippen LogP contribution in [0.4, 0.5) is 0 Å². The minimum Gasteiger partial charge on any atom is -0.352 e. The molecule has 5 nitrogen and oxygen atoms in total. The highest BCUT2D eigenvalue weighted by Crippen LogP contribution is 2.23. The maximum atomic E-state index is 12.2. The zero-order chi connectivity index (χ0) is 13.2. The standard InChI is InChI=1S/C12H22N2O3S/c13-10-4-2-1-3-5-11(10)18(16,17)8-12(15)14-9-6-7-9/h9-11H,1-8,13H2,(H,14,15). The Morgan fingerprint density at radius 3 is 2.44 bits per heavy atom. The molecule has 2 saturated carbocycles. The first kappa shape index (κ1) is 13.8. The van der Waals surface area contributed by atoms with E-state index in [0.717, 1.165) is 38.5 Å². The summed E-state index contributed by atoms with van der Waals surface area (Å²) in [5.74, 6) is -0.768.